The van der Waals surface area contributed by atoms with Crippen LogP contribution in [0, 0.1) is 23.7 Å². The second kappa shape index (κ2) is 17.1. The zero-order valence-corrected chi connectivity index (χ0v) is 14.4. The van der Waals surface area contributed by atoms with Gasteiger partial charge in [0.1, 0.15) is 0 Å². The molecule has 0 rings (SSSR count). The van der Waals surface area contributed by atoms with Crippen LogP contribution in [0.5, 0.6) is 0 Å². The van der Waals surface area contributed by atoms with Crippen LogP contribution in [0.4, 0.5) is 0 Å². The maximum absolute atomic E-state index is 3.30. The maximum atomic E-state index is 3.30. The van der Waals surface area contributed by atoms with Crippen molar-refractivity contribution in [3.63, 3.8) is 0 Å². The Labute approximate surface area is 130 Å². The molecule has 2 heteroatoms. The molecule has 18 heavy (non-hydrogen) atoms. The van der Waals surface area contributed by atoms with Crippen LogP contribution < -0.4 is 0 Å². The van der Waals surface area contributed by atoms with E-state index in [4.69, 9.17) is 0 Å². The monoisotopic (exact) mass is 374 g/mol. The molecular weight excluding hydrogens is 352 g/mol. The van der Waals surface area contributed by atoms with E-state index >= 15 is 0 Å². The Bertz CT molecular complexity index is 245. The molecule has 0 bridgehead atoms. The molecule has 102 valence electrons. The topological polar surface area (TPSA) is 0 Å². The fourth-order valence-electron chi connectivity index (χ4n) is 1.76. The van der Waals surface area contributed by atoms with Crippen molar-refractivity contribution in [1.29, 1.82) is 0 Å². The summed E-state index contributed by atoms with van der Waals surface area (Å²) in [7, 11) is 0. The molecule has 0 unspecified atom stereocenters. The summed E-state index contributed by atoms with van der Waals surface area (Å²) in [6.07, 6.45) is 12.9. The fourth-order valence-corrected chi connectivity index (χ4v) is 2.16. The quantitative estimate of drug-likeness (QED) is 0.276. The van der Waals surface area contributed by atoms with E-state index in [0.29, 0.717) is 0 Å². The summed E-state index contributed by atoms with van der Waals surface area (Å²) in [5.74, 6) is 12.4. The first kappa shape index (κ1) is 18.1. The first-order valence-electron chi connectivity index (χ1n) is 6.95. The van der Waals surface area contributed by atoms with Gasteiger partial charge >= 0.3 is 0 Å². The van der Waals surface area contributed by atoms with Gasteiger partial charge in [0.2, 0.25) is 0 Å². The molecule has 0 radical (unpaired) electrons. The molecule has 0 amide bonds. The number of hydrogen-bond donors (Lipinski definition) is 0. The Morgan fingerprint density at radius 2 is 0.778 bits per heavy atom. The van der Waals surface area contributed by atoms with E-state index in [0.717, 1.165) is 23.5 Å². The SMILES string of the molecule is BrCC#CCCCCCCCCCCC#CCBr. The highest BCUT2D eigenvalue weighted by atomic mass is 79.9. The van der Waals surface area contributed by atoms with E-state index < -0.39 is 0 Å². The van der Waals surface area contributed by atoms with Crippen molar-refractivity contribution in [1.82, 2.24) is 0 Å². The molecule has 0 aliphatic carbocycles. The predicted molar refractivity (Wildman–Crippen MR) is 89.3 cm³/mol. The van der Waals surface area contributed by atoms with Crippen LogP contribution in [0.25, 0.3) is 0 Å². The van der Waals surface area contributed by atoms with E-state index in [1.165, 1.54) is 51.4 Å². The molecule has 0 nitrogen and oxygen atoms in total. The van der Waals surface area contributed by atoms with Gasteiger partial charge in [-0.3, -0.25) is 0 Å². The summed E-state index contributed by atoms with van der Waals surface area (Å²) in [5, 5.41) is 1.63. The molecule has 0 aromatic carbocycles. The molecule has 0 saturated heterocycles. The highest BCUT2D eigenvalue weighted by Gasteiger charge is 1.91. The van der Waals surface area contributed by atoms with Crippen LogP contribution in [0.3, 0.4) is 0 Å². The average molecular weight is 376 g/mol. The average Bonchev–Trinajstić information content (AvgIpc) is 2.39. The molecule has 0 aliphatic rings. The van der Waals surface area contributed by atoms with Gasteiger partial charge in [0.05, 0.1) is 10.7 Å². The molecule has 0 saturated carbocycles. The summed E-state index contributed by atoms with van der Waals surface area (Å²) in [5.41, 5.74) is 0. The lowest BCUT2D eigenvalue weighted by atomic mass is 10.1. The molecule has 0 spiro atoms. The lowest BCUT2D eigenvalue weighted by Gasteiger charge is -2.00. The number of halogens is 2. The van der Waals surface area contributed by atoms with E-state index in [-0.39, 0.29) is 0 Å². The third-order valence-corrected chi connectivity index (χ3v) is 3.30. The van der Waals surface area contributed by atoms with Crippen molar-refractivity contribution in [2.45, 2.75) is 64.2 Å². The second-order valence-corrected chi connectivity index (χ2v) is 5.42. The zero-order valence-electron chi connectivity index (χ0n) is 11.2. The molecule has 0 atom stereocenters. The number of alkyl halides is 2. The Hall–Kier alpha value is 0.0800. The first-order chi connectivity index (χ1) is 8.91. The van der Waals surface area contributed by atoms with E-state index in [2.05, 4.69) is 55.5 Å². The minimum atomic E-state index is 0.813. The van der Waals surface area contributed by atoms with Gasteiger partial charge in [-0.05, 0) is 12.8 Å². The summed E-state index contributed by atoms with van der Waals surface area (Å²) < 4.78 is 0. The van der Waals surface area contributed by atoms with E-state index in [1.54, 1.807) is 0 Å². The molecule has 0 N–H and O–H groups in total. The molecule has 0 aromatic rings. The van der Waals surface area contributed by atoms with Gasteiger partial charge in [0.25, 0.3) is 0 Å². The number of hydrogen-bond acceptors (Lipinski definition) is 0. The zero-order chi connectivity index (χ0) is 13.3. The normalized spacial score (nSPS) is 9.22. The first-order valence-corrected chi connectivity index (χ1v) is 9.19. The predicted octanol–water partition coefficient (Wildman–Crippen LogP) is 5.68. The van der Waals surface area contributed by atoms with Gasteiger partial charge in [-0.1, -0.05) is 82.2 Å². The summed E-state index contributed by atoms with van der Waals surface area (Å²) >= 11 is 6.61. The minimum Gasteiger partial charge on any atom is -0.102 e. The van der Waals surface area contributed by atoms with Gasteiger partial charge in [0, 0.05) is 12.8 Å². The summed E-state index contributed by atoms with van der Waals surface area (Å²) in [4.78, 5) is 0. The van der Waals surface area contributed by atoms with Crippen molar-refractivity contribution >= 4 is 31.9 Å². The molecule has 0 heterocycles. The summed E-state index contributed by atoms with van der Waals surface area (Å²) in [6.45, 7) is 0. The maximum Gasteiger partial charge on any atom is 0.0645 e. The van der Waals surface area contributed by atoms with Crippen molar-refractivity contribution in [2.75, 3.05) is 10.7 Å². The largest absolute Gasteiger partial charge is 0.102 e. The second-order valence-electron chi connectivity index (χ2n) is 4.30. The summed E-state index contributed by atoms with van der Waals surface area (Å²) in [6, 6.07) is 0. The van der Waals surface area contributed by atoms with Crippen molar-refractivity contribution < 1.29 is 0 Å². The smallest absolute Gasteiger partial charge is 0.0645 e. The van der Waals surface area contributed by atoms with Gasteiger partial charge in [0.15, 0.2) is 0 Å². The third-order valence-electron chi connectivity index (χ3n) is 2.74. The number of rotatable bonds is 9. The van der Waals surface area contributed by atoms with E-state index in [1.807, 2.05) is 0 Å². The third kappa shape index (κ3) is 16.1. The van der Waals surface area contributed by atoms with Crippen LogP contribution in [-0.4, -0.2) is 10.7 Å². The van der Waals surface area contributed by atoms with Gasteiger partial charge in [-0.25, -0.2) is 0 Å². The van der Waals surface area contributed by atoms with E-state index in [9.17, 15) is 0 Å². The minimum absolute atomic E-state index is 0.813. The number of unbranched alkanes of at least 4 members (excludes halogenated alkanes) is 9. The highest BCUT2D eigenvalue weighted by molar-refractivity contribution is 9.09. The van der Waals surface area contributed by atoms with Gasteiger partial charge < -0.3 is 0 Å². The van der Waals surface area contributed by atoms with Crippen molar-refractivity contribution in [3.05, 3.63) is 0 Å². The molecule has 0 fully saturated rings. The highest BCUT2D eigenvalue weighted by Crippen LogP contribution is 2.10. The van der Waals surface area contributed by atoms with Crippen LogP contribution in [-0.2, 0) is 0 Å². The lowest BCUT2D eigenvalue weighted by Crippen LogP contribution is -1.81. The fraction of sp³-hybridized carbons (Fsp3) is 0.750. The Morgan fingerprint density at radius 1 is 0.444 bits per heavy atom. The molecule has 0 aromatic heterocycles. The van der Waals surface area contributed by atoms with Crippen molar-refractivity contribution in [2.24, 2.45) is 0 Å². The van der Waals surface area contributed by atoms with Crippen LogP contribution >= 0.6 is 31.9 Å². The Balaban J connectivity index is 3.03. The Morgan fingerprint density at radius 3 is 1.11 bits per heavy atom. The lowest BCUT2D eigenvalue weighted by molar-refractivity contribution is 0.573. The van der Waals surface area contributed by atoms with Crippen LogP contribution in [0.15, 0.2) is 0 Å². The van der Waals surface area contributed by atoms with Gasteiger partial charge in [-0.2, -0.15) is 0 Å². The van der Waals surface area contributed by atoms with Crippen molar-refractivity contribution in [3.8, 4) is 23.7 Å². The van der Waals surface area contributed by atoms with Crippen LogP contribution in [0.2, 0.25) is 0 Å². The molecular formula is C16H24Br2. The standard InChI is InChI=1S/C16H24Br2/c17-15-13-11-9-7-5-3-1-2-4-6-8-10-12-14-16-18/h1-10,15-16H2. The molecule has 0 aliphatic heterocycles. The Kier molecular flexibility index (Phi) is 17.2. The van der Waals surface area contributed by atoms with Crippen LogP contribution in [0.1, 0.15) is 64.2 Å². The van der Waals surface area contributed by atoms with Gasteiger partial charge in [-0.15, -0.1) is 11.8 Å².